The number of nitrogens with one attached hydrogen (secondary N) is 1. The van der Waals surface area contributed by atoms with Gasteiger partial charge in [-0.2, -0.15) is 11.8 Å². The van der Waals surface area contributed by atoms with Gasteiger partial charge in [-0.25, -0.2) is 0 Å². The van der Waals surface area contributed by atoms with Crippen LogP contribution in [-0.2, 0) is 9.53 Å². The summed E-state index contributed by atoms with van der Waals surface area (Å²) in [5.74, 6) is -0.185. The summed E-state index contributed by atoms with van der Waals surface area (Å²) in [6, 6.07) is 0. The molecule has 19 heavy (non-hydrogen) atoms. The number of primary amides is 1. The number of hydrogen-bond donors (Lipinski definition) is 2. The SMILES string of the molecule is CCNC1(C(N)=O)CCCC(SC2CCOC2C)C1. The summed E-state index contributed by atoms with van der Waals surface area (Å²) in [7, 11) is 0. The Morgan fingerprint density at radius 2 is 2.32 bits per heavy atom. The lowest BCUT2D eigenvalue weighted by Gasteiger charge is -2.39. The van der Waals surface area contributed by atoms with Crippen LogP contribution in [0.5, 0.6) is 0 Å². The minimum absolute atomic E-state index is 0.185. The van der Waals surface area contributed by atoms with Gasteiger partial charge in [0, 0.05) is 17.1 Å². The molecule has 2 rings (SSSR count). The monoisotopic (exact) mass is 286 g/mol. The Hall–Kier alpha value is -0.260. The summed E-state index contributed by atoms with van der Waals surface area (Å²) in [6.07, 6.45) is 5.49. The van der Waals surface area contributed by atoms with E-state index in [1.807, 2.05) is 18.7 Å². The second kappa shape index (κ2) is 6.46. The second-order valence-electron chi connectivity index (χ2n) is 5.73. The van der Waals surface area contributed by atoms with Crippen molar-refractivity contribution >= 4 is 17.7 Å². The quantitative estimate of drug-likeness (QED) is 0.807. The van der Waals surface area contributed by atoms with Crippen LogP contribution in [0.3, 0.4) is 0 Å². The van der Waals surface area contributed by atoms with E-state index in [2.05, 4.69) is 12.2 Å². The number of ether oxygens (including phenoxy) is 1. The lowest BCUT2D eigenvalue weighted by atomic mass is 9.80. The summed E-state index contributed by atoms with van der Waals surface area (Å²) in [5, 5.41) is 4.45. The van der Waals surface area contributed by atoms with E-state index in [4.69, 9.17) is 10.5 Å². The van der Waals surface area contributed by atoms with Crippen molar-refractivity contribution in [3.05, 3.63) is 0 Å². The number of thioether (sulfide) groups is 1. The molecule has 1 amide bonds. The van der Waals surface area contributed by atoms with Gasteiger partial charge in [-0.3, -0.25) is 4.79 Å². The molecule has 3 N–H and O–H groups in total. The van der Waals surface area contributed by atoms with Crippen molar-refractivity contribution in [3.63, 3.8) is 0 Å². The van der Waals surface area contributed by atoms with Gasteiger partial charge in [0.05, 0.1) is 11.6 Å². The van der Waals surface area contributed by atoms with E-state index in [0.717, 1.165) is 38.8 Å². The maximum absolute atomic E-state index is 11.8. The van der Waals surface area contributed by atoms with Gasteiger partial charge in [0.25, 0.3) is 0 Å². The molecule has 110 valence electrons. The Kier molecular flexibility index (Phi) is 5.15. The van der Waals surface area contributed by atoms with Crippen molar-refractivity contribution in [3.8, 4) is 0 Å². The minimum Gasteiger partial charge on any atom is -0.377 e. The maximum atomic E-state index is 11.8. The molecule has 4 atom stereocenters. The number of amides is 1. The Bertz CT molecular complexity index is 323. The molecule has 4 unspecified atom stereocenters. The average Bonchev–Trinajstić information content (AvgIpc) is 2.76. The molecular weight excluding hydrogens is 260 g/mol. The molecule has 1 saturated heterocycles. The summed E-state index contributed by atoms with van der Waals surface area (Å²) >= 11 is 2.01. The first-order valence-corrected chi connectivity index (χ1v) is 8.33. The van der Waals surface area contributed by atoms with Gasteiger partial charge in [0.15, 0.2) is 0 Å². The van der Waals surface area contributed by atoms with Crippen molar-refractivity contribution in [1.29, 1.82) is 0 Å². The van der Waals surface area contributed by atoms with E-state index in [1.54, 1.807) is 0 Å². The summed E-state index contributed by atoms with van der Waals surface area (Å²) in [5.41, 5.74) is 5.17. The first-order valence-electron chi connectivity index (χ1n) is 7.39. The summed E-state index contributed by atoms with van der Waals surface area (Å²) in [6.45, 7) is 5.86. The molecule has 2 aliphatic rings. The molecular formula is C14H26N2O2S. The lowest BCUT2D eigenvalue weighted by Crippen LogP contribution is -2.58. The van der Waals surface area contributed by atoms with Crippen LogP contribution in [-0.4, -0.2) is 41.2 Å². The van der Waals surface area contributed by atoms with Crippen LogP contribution in [0.4, 0.5) is 0 Å². The molecule has 4 nitrogen and oxygen atoms in total. The molecule has 1 saturated carbocycles. The highest BCUT2D eigenvalue weighted by Crippen LogP contribution is 2.39. The summed E-state index contributed by atoms with van der Waals surface area (Å²) in [4.78, 5) is 11.8. The Balaban J connectivity index is 1.97. The van der Waals surface area contributed by atoms with E-state index in [9.17, 15) is 4.79 Å². The molecule has 1 aliphatic carbocycles. The third kappa shape index (κ3) is 3.44. The zero-order chi connectivity index (χ0) is 13.9. The fourth-order valence-electron chi connectivity index (χ4n) is 3.29. The summed E-state index contributed by atoms with van der Waals surface area (Å²) < 4.78 is 5.63. The molecule has 0 aromatic rings. The van der Waals surface area contributed by atoms with E-state index in [-0.39, 0.29) is 5.91 Å². The number of nitrogens with two attached hydrogens (primary N) is 1. The number of carbonyl (C=O) groups is 1. The van der Waals surface area contributed by atoms with Crippen LogP contribution < -0.4 is 11.1 Å². The third-order valence-corrected chi connectivity index (χ3v) is 6.12. The van der Waals surface area contributed by atoms with E-state index in [1.165, 1.54) is 6.42 Å². The first-order chi connectivity index (χ1) is 9.07. The highest BCUT2D eigenvalue weighted by molar-refractivity contribution is 8.00. The molecule has 1 heterocycles. The number of carbonyl (C=O) groups excluding carboxylic acids is 1. The van der Waals surface area contributed by atoms with Crippen LogP contribution in [0.25, 0.3) is 0 Å². The third-order valence-electron chi connectivity index (χ3n) is 4.37. The highest BCUT2D eigenvalue weighted by atomic mass is 32.2. The normalized spacial score (nSPS) is 39.4. The Morgan fingerprint density at radius 3 is 2.89 bits per heavy atom. The fourth-order valence-corrected chi connectivity index (χ4v) is 5.00. The molecule has 1 aliphatic heterocycles. The molecule has 2 fully saturated rings. The van der Waals surface area contributed by atoms with E-state index in [0.29, 0.717) is 16.6 Å². The van der Waals surface area contributed by atoms with Gasteiger partial charge < -0.3 is 15.8 Å². The topological polar surface area (TPSA) is 64.3 Å². The van der Waals surface area contributed by atoms with Crippen LogP contribution in [0.1, 0.15) is 46.0 Å². The predicted octanol–water partition coefficient (Wildman–Crippen LogP) is 1.67. The van der Waals surface area contributed by atoms with Crippen molar-refractivity contribution in [2.45, 2.75) is 68.1 Å². The smallest absolute Gasteiger partial charge is 0.237 e. The molecule has 0 aromatic carbocycles. The van der Waals surface area contributed by atoms with Gasteiger partial charge in [0.1, 0.15) is 0 Å². The molecule has 0 radical (unpaired) electrons. The second-order valence-corrected chi connectivity index (χ2v) is 7.28. The average molecular weight is 286 g/mol. The van der Waals surface area contributed by atoms with Crippen molar-refractivity contribution < 1.29 is 9.53 Å². The van der Waals surface area contributed by atoms with Crippen LogP contribution in [0.15, 0.2) is 0 Å². The predicted molar refractivity (Wildman–Crippen MR) is 79.3 cm³/mol. The van der Waals surface area contributed by atoms with Crippen LogP contribution >= 0.6 is 11.8 Å². The van der Waals surface area contributed by atoms with Gasteiger partial charge in [-0.1, -0.05) is 6.92 Å². The minimum atomic E-state index is -0.479. The first kappa shape index (κ1) is 15.1. The fraction of sp³-hybridized carbons (Fsp3) is 0.929. The van der Waals surface area contributed by atoms with Gasteiger partial charge in [-0.15, -0.1) is 0 Å². The van der Waals surface area contributed by atoms with Crippen molar-refractivity contribution in [2.24, 2.45) is 5.73 Å². The van der Waals surface area contributed by atoms with Crippen molar-refractivity contribution in [1.82, 2.24) is 5.32 Å². The van der Waals surface area contributed by atoms with Crippen LogP contribution in [0.2, 0.25) is 0 Å². The van der Waals surface area contributed by atoms with Gasteiger partial charge >= 0.3 is 0 Å². The standard InChI is InChI=1S/C14H26N2O2S/c1-3-16-14(13(15)17)7-4-5-11(9-14)19-12-6-8-18-10(12)2/h10-12,16H,3-9H2,1-2H3,(H2,15,17). The molecule has 5 heteroatoms. The number of hydrogen-bond acceptors (Lipinski definition) is 4. The molecule has 0 aromatic heterocycles. The highest BCUT2D eigenvalue weighted by Gasteiger charge is 2.42. The van der Waals surface area contributed by atoms with Crippen LogP contribution in [0, 0.1) is 0 Å². The molecule has 0 spiro atoms. The maximum Gasteiger partial charge on any atom is 0.237 e. The zero-order valence-corrected chi connectivity index (χ0v) is 12.8. The van der Waals surface area contributed by atoms with E-state index >= 15 is 0 Å². The van der Waals surface area contributed by atoms with Gasteiger partial charge in [-0.05, 0) is 45.6 Å². The number of rotatable bonds is 5. The number of likely N-dealkylation sites (N-methyl/N-ethyl adjacent to an activating group) is 1. The Labute approximate surface area is 120 Å². The van der Waals surface area contributed by atoms with E-state index < -0.39 is 5.54 Å². The lowest BCUT2D eigenvalue weighted by molar-refractivity contribution is -0.125. The molecule has 0 bridgehead atoms. The zero-order valence-electron chi connectivity index (χ0n) is 12.0. The van der Waals surface area contributed by atoms with Gasteiger partial charge in [0.2, 0.25) is 5.91 Å². The Morgan fingerprint density at radius 1 is 1.53 bits per heavy atom. The largest absolute Gasteiger partial charge is 0.377 e. The van der Waals surface area contributed by atoms with Crippen molar-refractivity contribution in [2.75, 3.05) is 13.2 Å².